The quantitative estimate of drug-likeness (QED) is 0.850. The van der Waals surface area contributed by atoms with Crippen molar-refractivity contribution in [2.24, 2.45) is 0 Å². The zero-order valence-electron chi connectivity index (χ0n) is 12.0. The van der Waals surface area contributed by atoms with Crippen LogP contribution in [0, 0.1) is 19.7 Å². The van der Waals surface area contributed by atoms with Gasteiger partial charge in [0.25, 0.3) is 0 Å². The number of nitrogens with zero attached hydrogens (tertiary/aromatic N) is 4. The fraction of sp³-hybridized carbons (Fsp3) is 0.125. The number of rotatable bonds is 2. The minimum Gasteiger partial charge on any atom is -0.378 e. The van der Waals surface area contributed by atoms with Crippen LogP contribution < -0.4 is 10.2 Å². The smallest absolute Gasteiger partial charge is 0.378 e. The van der Waals surface area contributed by atoms with Crippen LogP contribution in [0.4, 0.5) is 5.69 Å². The van der Waals surface area contributed by atoms with Gasteiger partial charge in [0.05, 0.1) is 12.1 Å². The monoisotopic (exact) mass is 289 g/mol. The molecular formula is C16H11N5O. The number of anilines is 1. The molecule has 1 aliphatic heterocycles. The van der Waals surface area contributed by atoms with Gasteiger partial charge in [-0.2, -0.15) is 9.69 Å². The minimum absolute atomic E-state index is 0.00307. The minimum atomic E-state index is -0.469. The van der Waals surface area contributed by atoms with Crippen LogP contribution in [-0.4, -0.2) is 20.0 Å². The fourth-order valence-corrected chi connectivity index (χ4v) is 2.07. The molecule has 1 aromatic carbocycles. The van der Waals surface area contributed by atoms with Gasteiger partial charge in [-0.15, -0.1) is 0 Å². The van der Waals surface area contributed by atoms with Gasteiger partial charge in [-0.1, -0.05) is 12.1 Å². The van der Waals surface area contributed by atoms with Gasteiger partial charge < -0.3 is 10.2 Å². The van der Waals surface area contributed by atoms with Gasteiger partial charge in [-0.25, -0.2) is 4.85 Å². The first kappa shape index (κ1) is 14.8. The highest BCUT2D eigenvalue weighted by Gasteiger charge is 2.34. The number of nitrogens with one attached hydrogen (secondary N) is 1. The molecule has 1 amide bonds. The summed E-state index contributed by atoms with van der Waals surface area (Å²) in [5, 5.41) is 2.46. The summed E-state index contributed by atoms with van der Waals surface area (Å²) >= 11 is 0. The van der Waals surface area contributed by atoms with Crippen LogP contribution in [0.15, 0.2) is 41.5 Å². The van der Waals surface area contributed by atoms with E-state index in [1.54, 1.807) is 12.1 Å². The standard InChI is InChI=1S/C16H11N5O/c1-17-13-12(10-6-8-11(9-7-10)21(4)5)16(22)20-14(13)15(18-2)19-3/h6-9H,4-5H3,(H,20,22). The van der Waals surface area contributed by atoms with E-state index >= 15 is 0 Å². The zero-order valence-corrected chi connectivity index (χ0v) is 12.0. The van der Waals surface area contributed by atoms with Crippen LogP contribution in [0.3, 0.4) is 0 Å². The maximum atomic E-state index is 12.1. The van der Waals surface area contributed by atoms with Crippen molar-refractivity contribution in [1.29, 1.82) is 0 Å². The highest BCUT2D eigenvalue weighted by molar-refractivity contribution is 6.25. The Balaban J connectivity index is 2.62. The predicted octanol–water partition coefficient (Wildman–Crippen LogP) is 2.52. The highest BCUT2D eigenvalue weighted by Crippen LogP contribution is 2.32. The zero-order chi connectivity index (χ0) is 16.3. The van der Waals surface area contributed by atoms with Crippen LogP contribution >= 0.6 is 0 Å². The summed E-state index contributed by atoms with van der Waals surface area (Å²) in [6.45, 7) is 21.2. The van der Waals surface area contributed by atoms with Crippen LogP contribution in [0.1, 0.15) is 5.56 Å². The molecule has 1 N–H and O–H groups in total. The summed E-state index contributed by atoms with van der Waals surface area (Å²) in [5.74, 6) is -0.775. The second-order valence-corrected chi connectivity index (χ2v) is 4.65. The first-order valence-electron chi connectivity index (χ1n) is 6.24. The summed E-state index contributed by atoms with van der Waals surface area (Å²) in [4.78, 5) is 23.5. The van der Waals surface area contributed by atoms with Crippen molar-refractivity contribution in [3.05, 3.63) is 81.3 Å². The second-order valence-electron chi connectivity index (χ2n) is 4.65. The van der Waals surface area contributed by atoms with E-state index in [-0.39, 0.29) is 22.8 Å². The molecule has 6 heteroatoms. The molecule has 2 rings (SSSR count). The Morgan fingerprint density at radius 1 is 1.09 bits per heavy atom. The third-order valence-corrected chi connectivity index (χ3v) is 3.16. The average Bonchev–Trinajstić information content (AvgIpc) is 2.85. The second kappa shape index (κ2) is 5.83. The molecule has 0 radical (unpaired) electrons. The molecule has 0 unspecified atom stereocenters. The molecule has 0 saturated heterocycles. The molecule has 1 heterocycles. The Kier molecular flexibility index (Phi) is 3.93. The number of benzene rings is 1. The average molecular weight is 289 g/mol. The first-order valence-corrected chi connectivity index (χ1v) is 6.24. The Labute approximate surface area is 128 Å². The SMILES string of the molecule is [C-]#[N+]C([N+]#[C-])=C1NC(=O)C(c2ccc(N(C)C)cc2)=C1[N+]#[C-]. The molecule has 0 fully saturated rings. The number of hydrogen-bond acceptors (Lipinski definition) is 2. The topological polar surface area (TPSA) is 45.4 Å². The molecule has 0 atom stereocenters. The Morgan fingerprint density at radius 3 is 2.14 bits per heavy atom. The van der Waals surface area contributed by atoms with E-state index in [0.717, 1.165) is 5.69 Å². The van der Waals surface area contributed by atoms with E-state index in [9.17, 15) is 4.79 Å². The maximum absolute atomic E-state index is 12.1. The molecule has 1 aliphatic rings. The third kappa shape index (κ3) is 2.40. The van der Waals surface area contributed by atoms with Crippen LogP contribution in [0.2, 0.25) is 0 Å². The first-order chi connectivity index (χ1) is 10.5. The summed E-state index contributed by atoms with van der Waals surface area (Å²) in [6.07, 6.45) is 0. The van der Waals surface area contributed by atoms with Gasteiger partial charge >= 0.3 is 5.82 Å². The van der Waals surface area contributed by atoms with Crippen molar-refractivity contribution in [2.45, 2.75) is 0 Å². The molecular weight excluding hydrogens is 278 g/mol. The lowest BCUT2D eigenvalue weighted by Crippen LogP contribution is -2.16. The molecule has 0 bridgehead atoms. The molecule has 106 valence electrons. The van der Waals surface area contributed by atoms with Gasteiger partial charge in [-0.05, 0) is 17.7 Å². The van der Waals surface area contributed by atoms with E-state index in [0.29, 0.717) is 5.56 Å². The lowest BCUT2D eigenvalue weighted by Gasteiger charge is -2.12. The summed E-state index contributed by atoms with van der Waals surface area (Å²) in [6, 6.07) is 7.16. The molecule has 1 aromatic rings. The predicted molar refractivity (Wildman–Crippen MR) is 82.7 cm³/mol. The normalized spacial score (nSPS) is 13.0. The van der Waals surface area contributed by atoms with Crippen molar-refractivity contribution in [1.82, 2.24) is 5.32 Å². The third-order valence-electron chi connectivity index (χ3n) is 3.16. The molecule has 0 saturated carbocycles. The molecule has 0 aromatic heterocycles. The van der Waals surface area contributed by atoms with Crippen LogP contribution in [-0.2, 0) is 4.79 Å². The van der Waals surface area contributed by atoms with Gasteiger partial charge in [0.1, 0.15) is 18.8 Å². The van der Waals surface area contributed by atoms with Gasteiger partial charge in [0.15, 0.2) is 0 Å². The van der Waals surface area contributed by atoms with Crippen LogP contribution in [0.25, 0.3) is 20.1 Å². The summed E-state index contributed by atoms with van der Waals surface area (Å²) < 4.78 is 0. The van der Waals surface area contributed by atoms with Crippen molar-refractivity contribution >= 4 is 17.2 Å². The fourth-order valence-electron chi connectivity index (χ4n) is 2.07. The van der Waals surface area contributed by atoms with Crippen molar-refractivity contribution < 1.29 is 4.79 Å². The van der Waals surface area contributed by atoms with Crippen molar-refractivity contribution in [2.75, 3.05) is 19.0 Å². The Hall–Kier alpha value is -3.56. The van der Waals surface area contributed by atoms with E-state index in [1.165, 1.54) is 0 Å². The summed E-state index contributed by atoms with van der Waals surface area (Å²) in [7, 11) is 3.81. The molecule has 0 spiro atoms. The Morgan fingerprint density at radius 2 is 1.68 bits per heavy atom. The lowest BCUT2D eigenvalue weighted by molar-refractivity contribution is -0.114. The van der Waals surface area contributed by atoms with Crippen molar-refractivity contribution in [3.63, 3.8) is 0 Å². The number of carbonyl (C=O) groups is 1. The molecule has 6 nitrogen and oxygen atoms in total. The van der Waals surface area contributed by atoms with E-state index in [4.69, 9.17) is 19.7 Å². The van der Waals surface area contributed by atoms with E-state index < -0.39 is 5.91 Å². The van der Waals surface area contributed by atoms with E-state index in [1.807, 2.05) is 31.1 Å². The number of hydrogen-bond donors (Lipinski definition) is 1. The summed E-state index contributed by atoms with van der Waals surface area (Å²) in [5.41, 5.74) is 1.76. The van der Waals surface area contributed by atoms with Crippen LogP contribution in [0.5, 0.6) is 0 Å². The Bertz CT molecular complexity index is 807. The largest absolute Gasteiger partial charge is 0.532 e. The highest BCUT2D eigenvalue weighted by atomic mass is 16.2. The number of carbonyl (C=O) groups excluding carboxylic acids is 1. The van der Waals surface area contributed by atoms with Gasteiger partial charge in [0.2, 0.25) is 11.6 Å². The van der Waals surface area contributed by atoms with Crippen molar-refractivity contribution in [3.8, 4) is 0 Å². The number of amides is 1. The van der Waals surface area contributed by atoms with E-state index in [2.05, 4.69) is 19.9 Å². The molecule has 0 aliphatic carbocycles. The lowest BCUT2D eigenvalue weighted by atomic mass is 10.0. The van der Waals surface area contributed by atoms with Gasteiger partial charge in [-0.3, -0.25) is 4.79 Å². The van der Waals surface area contributed by atoms with Gasteiger partial charge in [0, 0.05) is 19.8 Å². The maximum Gasteiger partial charge on any atom is 0.532 e. The molecule has 22 heavy (non-hydrogen) atoms.